The molecule has 1 aromatic rings. The van der Waals surface area contributed by atoms with Crippen molar-refractivity contribution >= 4 is 0 Å². The van der Waals surface area contributed by atoms with E-state index in [2.05, 4.69) is 45.0 Å². The second kappa shape index (κ2) is 8.38. The molecule has 1 rings (SSSR count). The molecule has 3 heteroatoms. The van der Waals surface area contributed by atoms with E-state index in [1.165, 1.54) is 0 Å². The van der Waals surface area contributed by atoms with Crippen LogP contribution in [0.25, 0.3) is 0 Å². The lowest BCUT2D eigenvalue weighted by molar-refractivity contribution is 0.187. The van der Waals surface area contributed by atoms with Crippen molar-refractivity contribution in [2.75, 3.05) is 20.1 Å². The lowest BCUT2D eigenvalue weighted by Crippen LogP contribution is -2.40. The van der Waals surface area contributed by atoms with Gasteiger partial charge >= 0.3 is 0 Å². The number of benzene rings is 1. The molecular weight excluding hydrogens is 251 g/mol. The summed E-state index contributed by atoms with van der Waals surface area (Å²) < 4.78 is 14.0. The summed E-state index contributed by atoms with van der Waals surface area (Å²) in [5.74, 6) is 0.471. The minimum atomic E-state index is -0.119. The van der Waals surface area contributed by atoms with E-state index >= 15 is 0 Å². The Labute approximate surface area is 123 Å². The molecule has 0 amide bonds. The minimum absolute atomic E-state index is 0.0438. The summed E-state index contributed by atoms with van der Waals surface area (Å²) in [5, 5.41) is 3.47. The smallest absolute Gasteiger partial charge is 0.128 e. The van der Waals surface area contributed by atoms with Crippen LogP contribution in [0.2, 0.25) is 0 Å². The highest BCUT2D eigenvalue weighted by molar-refractivity contribution is 5.21. The summed E-state index contributed by atoms with van der Waals surface area (Å²) in [5.41, 5.74) is 0.767. The normalized spacial score (nSPS) is 14.8. The van der Waals surface area contributed by atoms with Crippen LogP contribution in [0.15, 0.2) is 24.3 Å². The van der Waals surface area contributed by atoms with Crippen LogP contribution in [0.3, 0.4) is 0 Å². The number of halogens is 1. The van der Waals surface area contributed by atoms with E-state index in [4.69, 9.17) is 0 Å². The number of hydrogen-bond donors (Lipinski definition) is 1. The fourth-order valence-electron chi connectivity index (χ4n) is 2.31. The molecule has 2 unspecified atom stereocenters. The zero-order valence-corrected chi connectivity index (χ0v) is 13.5. The highest BCUT2D eigenvalue weighted by atomic mass is 19.1. The first-order valence-electron chi connectivity index (χ1n) is 7.65. The zero-order chi connectivity index (χ0) is 15.1. The number of hydrogen-bond acceptors (Lipinski definition) is 2. The Balaban J connectivity index is 2.82. The van der Waals surface area contributed by atoms with Gasteiger partial charge in [-0.2, -0.15) is 0 Å². The summed E-state index contributed by atoms with van der Waals surface area (Å²) in [7, 11) is 2.12. The van der Waals surface area contributed by atoms with Crippen LogP contribution >= 0.6 is 0 Å². The van der Waals surface area contributed by atoms with E-state index in [1.54, 1.807) is 12.1 Å². The SMILES string of the molecule is CCCNC(CN(C)C(C)C(C)C)c1ccccc1F. The van der Waals surface area contributed by atoms with E-state index < -0.39 is 0 Å². The molecule has 1 aromatic carbocycles. The van der Waals surface area contributed by atoms with Gasteiger partial charge in [0.25, 0.3) is 0 Å². The first-order valence-corrected chi connectivity index (χ1v) is 7.65. The van der Waals surface area contributed by atoms with Gasteiger partial charge in [-0.05, 0) is 38.9 Å². The summed E-state index contributed by atoms with van der Waals surface area (Å²) >= 11 is 0. The first-order chi connectivity index (χ1) is 9.47. The summed E-state index contributed by atoms with van der Waals surface area (Å²) in [6.07, 6.45) is 1.05. The van der Waals surface area contributed by atoms with E-state index in [1.807, 2.05) is 12.1 Å². The molecule has 2 nitrogen and oxygen atoms in total. The van der Waals surface area contributed by atoms with Gasteiger partial charge in [-0.15, -0.1) is 0 Å². The van der Waals surface area contributed by atoms with Gasteiger partial charge in [-0.25, -0.2) is 4.39 Å². The summed E-state index contributed by atoms with van der Waals surface area (Å²) in [4.78, 5) is 2.31. The van der Waals surface area contributed by atoms with Gasteiger partial charge in [0.2, 0.25) is 0 Å². The van der Waals surface area contributed by atoms with Crippen molar-refractivity contribution in [2.24, 2.45) is 5.92 Å². The predicted molar refractivity (Wildman–Crippen MR) is 84.4 cm³/mol. The molecule has 0 saturated heterocycles. The van der Waals surface area contributed by atoms with Gasteiger partial charge in [0.15, 0.2) is 0 Å². The van der Waals surface area contributed by atoms with Crippen molar-refractivity contribution in [3.8, 4) is 0 Å². The Hall–Kier alpha value is -0.930. The first kappa shape index (κ1) is 17.1. The summed E-state index contributed by atoms with van der Waals surface area (Å²) in [6, 6.07) is 7.61. The second-order valence-corrected chi connectivity index (χ2v) is 5.95. The maximum atomic E-state index is 14.0. The minimum Gasteiger partial charge on any atom is -0.309 e. The van der Waals surface area contributed by atoms with Crippen LogP contribution in [0.1, 0.15) is 45.7 Å². The fraction of sp³-hybridized carbons (Fsp3) is 0.647. The Morgan fingerprint density at radius 2 is 1.85 bits per heavy atom. The number of nitrogens with zero attached hydrogens (tertiary/aromatic N) is 1. The monoisotopic (exact) mass is 280 g/mol. The van der Waals surface area contributed by atoms with Crippen molar-refractivity contribution in [1.82, 2.24) is 10.2 Å². The molecule has 2 atom stereocenters. The van der Waals surface area contributed by atoms with Gasteiger partial charge in [-0.1, -0.05) is 39.0 Å². The molecule has 0 aliphatic heterocycles. The quantitative estimate of drug-likeness (QED) is 0.778. The highest BCUT2D eigenvalue weighted by Crippen LogP contribution is 2.20. The maximum absolute atomic E-state index is 14.0. The third kappa shape index (κ3) is 4.88. The Bertz CT molecular complexity index is 392. The molecule has 0 radical (unpaired) electrons. The van der Waals surface area contributed by atoms with Crippen LogP contribution < -0.4 is 5.32 Å². The maximum Gasteiger partial charge on any atom is 0.128 e. The third-order valence-corrected chi connectivity index (χ3v) is 4.05. The standard InChI is InChI=1S/C17H29FN2/c1-6-11-19-17(12-20(5)14(4)13(2)3)15-9-7-8-10-16(15)18/h7-10,13-14,17,19H,6,11-12H2,1-5H3. The number of rotatable bonds is 8. The number of nitrogens with one attached hydrogen (secondary N) is 1. The van der Waals surface area contributed by atoms with Crippen LogP contribution in [-0.4, -0.2) is 31.1 Å². The predicted octanol–water partition coefficient (Wildman–Crippen LogP) is 3.84. The van der Waals surface area contributed by atoms with Gasteiger partial charge in [0.1, 0.15) is 5.82 Å². The average Bonchev–Trinajstić information content (AvgIpc) is 2.43. The number of likely N-dealkylation sites (N-methyl/N-ethyl adjacent to an activating group) is 1. The van der Waals surface area contributed by atoms with Gasteiger partial charge < -0.3 is 10.2 Å². The lowest BCUT2D eigenvalue weighted by atomic mass is 10.0. The molecule has 0 bridgehead atoms. The van der Waals surface area contributed by atoms with E-state index in [0.717, 1.165) is 25.1 Å². The fourth-order valence-corrected chi connectivity index (χ4v) is 2.31. The molecular formula is C17H29FN2. The van der Waals surface area contributed by atoms with E-state index in [0.29, 0.717) is 12.0 Å². The molecule has 20 heavy (non-hydrogen) atoms. The van der Waals surface area contributed by atoms with Crippen molar-refractivity contribution < 1.29 is 4.39 Å². The zero-order valence-electron chi connectivity index (χ0n) is 13.5. The van der Waals surface area contributed by atoms with Crippen molar-refractivity contribution in [1.29, 1.82) is 0 Å². The summed E-state index contributed by atoms with van der Waals surface area (Å²) in [6.45, 7) is 10.5. The lowest BCUT2D eigenvalue weighted by Gasteiger charge is -2.32. The Morgan fingerprint density at radius 3 is 2.40 bits per heavy atom. The second-order valence-electron chi connectivity index (χ2n) is 5.95. The van der Waals surface area contributed by atoms with Gasteiger partial charge in [-0.3, -0.25) is 0 Å². The molecule has 0 heterocycles. The van der Waals surface area contributed by atoms with E-state index in [-0.39, 0.29) is 11.9 Å². The molecule has 0 aliphatic rings. The van der Waals surface area contributed by atoms with Crippen LogP contribution in [0.4, 0.5) is 4.39 Å². The van der Waals surface area contributed by atoms with Crippen LogP contribution in [0, 0.1) is 11.7 Å². The molecule has 0 fully saturated rings. The topological polar surface area (TPSA) is 15.3 Å². The molecule has 0 aliphatic carbocycles. The largest absolute Gasteiger partial charge is 0.309 e. The molecule has 0 spiro atoms. The van der Waals surface area contributed by atoms with E-state index in [9.17, 15) is 4.39 Å². The Morgan fingerprint density at radius 1 is 1.20 bits per heavy atom. The van der Waals surface area contributed by atoms with Crippen molar-refractivity contribution in [3.05, 3.63) is 35.6 Å². The van der Waals surface area contributed by atoms with Crippen molar-refractivity contribution in [2.45, 2.75) is 46.2 Å². The molecule has 1 N–H and O–H groups in total. The van der Waals surface area contributed by atoms with Gasteiger partial charge in [0.05, 0.1) is 0 Å². The molecule has 0 saturated carbocycles. The highest BCUT2D eigenvalue weighted by Gasteiger charge is 2.20. The Kier molecular flexibility index (Phi) is 7.17. The van der Waals surface area contributed by atoms with Gasteiger partial charge in [0, 0.05) is 24.2 Å². The van der Waals surface area contributed by atoms with Crippen LogP contribution in [-0.2, 0) is 0 Å². The molecule has 114 valence electrons. The van der Waals surface area contributed by atoms with Crippen LogP contribution in [0.5, 0.6) is 0 Å². The average molecular weight is 280 g/mol. The third-order valence-electron chi connectivity index (χ3n) is 4.05. The van der Waals surface area contributed by atoms with Crippen molar-refractivity contribution in [3.63, 3.8) is 0 Å². The molecule has 0 aromatic heterocycles.